The number of pyridine rings is 1. The van der Waals surface area contributed by atoms with Crippen LogP contribution in [0.5, 0.6) is 0 Å². The SMILES string of the molecule is C[C@H](CNC(=O)COC(=O)c1cc[n+]([O-])cc1)c1ccccc1. The molecule has 1 aromatic carbocycles. The lowest BCUT2D eigenvalue weighted by molar-refractivity contribution is -0.605. The van der Waals surface area contributed by atoms with Crippen LogP contribution < -0.4 is 10.0 Å². The number of esters is 1. The Labute approximate surface area is 134 Å². The maximum absolute atomic E-state index is 11.7. The molecule has 0 saturated heterocycles. The molecule has 0 saturated carbocycles. The largest absolute Gasteiger partial charge is 0.619 e. The number of aromatic nitrogens is 1. The fourth-order valence-electron chi connectivity index (χ4n) is 1.98. The van der Waals surface area contributed by atoms with Crippen LogP contribution in [0, 0.1) is 5.21 Å². The van der Waals surface area contributed by atoms with E-state index >= 15 is 0 Å². The normalized spacial score (nSPS) is 11.5. The topological polar surface area (TPSA) is 82.3 Å². The Hall–Kier alpha value is -2.89. The van der Waals surface area contributed by atoms with Gasteiger partial charge in [0.2, 0.25) is 0 Å². The minimum Gasteiger partial charge on any atom is -0.619 e. The molecule has 1 atom stereocenters. The van der Waals surface area contributed by atoms with Crippen LogP contribution >= 0.6 is 0 Å². The highest BCUT2D eigenvalue weighted by Crippen LogP contribution is 2.12. The number of benzene rings is 1. The van der Waals surface area contributed by atoms with Crippen molar-refractivity contribution >= 4 is 11.9 Å². The molecule has 120 valence electrons. The van der Waals surface area contributed by atoms with Gasteiger partial charge in [-0.05, 0) is 11.5 Å². The molecule has 1 N–H and O–H groups in total. The summed E-state index contributed by atoms with van der Waals surface area (Å²) in [5.41, 5.74) is 1.35. The second-order valence-corrected chi connectivity index (χ2v) is 5.14. The average molecular weight is 314 g/mol. The fourth-order valence-corrected chi connectivity index (χ4v) is 1.98. The lowest BCUT2D eigenvalue weighted by atomic mass is 10.0. The van der Waals surface area contributed by atoms with Gasteiger partial charge in [-0.25, -0.2) is 4.79 Å². The first kappa shape index (κ1) is 16.5. The molecule has 2 aromatic rings. The summed E-state index contributed by atoms with van der Waals surface area (Å²) in [6, 6.07) is 12.5. The summed E-state index contributed by atoms with van der Waals surface area (Å²) in [5, 5.41) is 13.6. The van der Waals surface area contributed by atoms with Gasteiger partial charge in [-0.1, -0.05) is 37.3 Å². The lowest BCUT2D eigenvalue weighted by Gasteiger charge is -2.13. The monoisotopic (exact) mass is 314 g/mol. The Morgan fingerprint density at radius 2 is 1.83 bits per heavy atom. The number of nitrogens with zero attached hydrogens (tertiary/aromatic N) is 1. The summed E-state index contributed by atoms with van der Waals surface area (Å²) >= 11 is 0. The smallest absolute Gasteiger partial charge is 0.339 e. The molecule has 0 bridgehead atoms. The van der Waals surface area contributed by atoms with Crippen molar-refractivity contribution in [3.05, 3.63) is 71.2 Å². The number of hydrogen-bond donors (Lipinski definition) is 1. The van der Waals surface area contributed by atoms with E-state index in [0.29, 0.717) is 11.3 Å². The molecule has 1 amide bonds. The predicted molar refractivity (Wildman–Crippen MR) is 83.6 cm³/mol. The third-order valence-electron chi connectivity index (χ3n) is 3.35. The van der Waals surface area contributed by atoms with Crippen LogP contribution in [0.4, 0.5) is 0 Å². The first-order valence-corrected chi connectivity index (χ1v) is 7.24. The molecule has 0 radical (unpaired) electrons. The molecular formula is C17H18N2O4. The van der Waals surface area contributed by atoms with Crippen molar-refractivity contribution in [2.24, 2.45) is 0 Å². The van der Waals surface area contributed by atoms with E-state index in [0.717, 1.165) is 5.56 Å². The van der Waals surface area contributed by atoms with Crippen molar-refractivity contribution in [1.82, 2.24) is 5.32 Å². The van der Waals surface area contributed by atoms with E-state index in [4.69, 9.17) is 4.74 Å². The zero-order valence-electron chi connectivity index (χ0n) is 12.8. The van der Waals surface area contributed by atoms with Crippen molar-refractivity contribution in [3.8, 4) is 0 Å². The van der Waals surface area contributed by atoms with Crippen molar-refractivity contribution in [1.29, 1.82) is 0 Å². The second kappa shape index (κ2) is 7.93. The molecule has 0 aliphatic heterocycles. The minimum absolute atomic E-state index is 0.164. The molecule has 2 rings (SSSR count). The second-order valence-electron chi connectivity index (χ2n) is 5.14. The van der Waals surface area contributed by atoms with E-state index in [1.165, 1.54) is 24.5 Å². The van der Waals surface area contributed by atoms with Gasteiger partial charge in [0.25, 0.3) is 5.91 Å². The highest BCUT2D eigenvalue weighted by molar-refractivity contribution is 5.91. The summed E-state index contributed by atoms with van der Waals surface area (Å²) < 4.78 is 5.47. The quantitative estimate of drug-likeness (QED) is 0.496. The molecular weight excluding hydrogens is 296 g/mol. The van der Waals surface area contributed by atoms with Gasteiger partial charge < -0.3 is 15.3 Å². The molecule has 0 aliphatic carbocycles. The van der Waals surface area contributed by atoms with E-state index in [1.54, 1.807) is 0 Å². The third kappa shape index (κ3) is 5.10. The Morgan fingerprint density at radius 1 is 1.17 bits per heavy atom. The number of rotatable bonds is 6. The van der Waals surface area contributed by atoms with Crippen LogP contribution in [-0.4, -0.2) is 25.0 Å². The summed E-state index contributed by atoms with van der Waals surface area (Å²) in [7, 11) is 0. The highest BCUT2D eigenvalue weighted by Gasteiger charge is 2.12. The van der Waals surface area contributed by atoms with Crippen molar-refractivity contribution in [2.75, 3.05) is 13.2 Å². The maximum atomic E-state index is 11.7. The number of nitrogens with one attached hydrogen (secondary N) is 1. The first-order chi connectivity index (χ1) is 11.1. The molecule has 6 nitrogen and oxygen atoms in total. The highest BCUT2D eigenvalue weighted by atomic mass is 16.5. The number of hydrogen-bond acceptors (Lipinski definition) is 4. The van der Waals surface area contributed by atoms with E-state index in [1.807, 2.05) is 37.3 Å². The van der Waals surface area contributed by atoms with Gasteiger partial charge in [-0.2, -0.15) is 4.73 Å². The molecule has 0 fully saturated rings. The summed E-state index contributed by atoms with van der Waals surface area (Å²) in [4.78, 5) is 23.4. The van der Waals surface area contributed by atoms with Crippen LogP contribution in [0.2, 0.25) is 0 Å². The van der Waals surface area contributed by atoms with Gasteiger partial charge in [0, 0.05) is 18.7 Å². The minimum atomic E-state index is -0.642. The van der Waals surface area contributed by atoms with Crippen LogP contribution in [-0.2, 0) is 9.53 Å². The van der Waals surface area contributed by atoms with Gasteiger partial charge in [0.05, 0.1) is 5.56 Å². The summed E-state index contributed by atoms with van der Waals surface area (Å²) in [6.07, 6.45) is 2.39. The third-order valence-corrected chi connectivity index (χ3v) is 3.35. The molecule has 1 aromatic heterocycles. The molecule has 6 heteroatoms. The Kier molecular flexibility index (Phi) is 5.68. The molecule has 0 aliphatic rings. The van der Waals surface area contributed by atoms with Crippen LogP contribution in [0.15, 0.2) is 54.9 Å². The molecule has 23 heavy (non-hydrogen) atoms. The number of carbonyl (C=O) groups is 2. The van der Waals surface area contributed by atoms with Gasteiger partial charge in [0.1, 0.15) is 0 Å². The van der Waals surface area contributed by atoms with Crippen molar-refractivity contribution in [2.45, 2.75) is 12.8 Å². The average Bonchev–Trinajstić information content (AvgIpc) is 2.59. The van der Waals surface area contributed by atoms with Crippen LogP contribution in [0.1, 0.15) is 28.8 Å². The Balaban J connectivity index is 1.75. The van der Waals surface area contributed by atoms with Crippen LogP contribution in [0.3, 0.4) is 0 Å². The maximum Gasteiger partial charge on any atom is 0.339 e. The number of carbonyl (C=O) groups excluding carboxylic acids is 2. The molecule has 1 heterocycles. The summed E-state index contributed by atoms with van der Waals surface area (Å²) in [5.74, 6) is -0.842. The van der Waals surface area contributed by atoms with Crippen molar-refractivity contribution in [3.63, 3.8) is 0 Å². The number of ether oxygens (including phenoxy) is 1. The Morgan fingerprint density at radius 3 is 2.48 bits per heavy atom. The standard InChI is InChI=1S/C17H18N2O4/c1-13(14-5-3-2-4-6-14)11-18-16(20)12-23-17(21)15-7-9-19(22)10-8-15/h2-10,13H,11-12H2,1H3,(H,18,20)/t13-/m1/s1. The first-order valence-electron chi connectivity index (χ1n) is 7.24. The number of amides is 1. The predicted octanol–water partition coefficient (Wildman–Crippen LogP) is 1.40. The van der Waals surface area contributed by atoms with Crippen molar-refractivity contribution < 1.29 is 19.1 Å². The van der Waals surface area contributed by atoms with Crippen LogP contribution in [0.25, 0.3) is 0 Å². The van der Waals surface area contributed by atoms with E-state index in [2.05, 4.69) is 5.32 Å². The fraction of sp³-hybridized carbons (Fsp3) is 0.235. The zero-order chi connectivity index (χ0) is 16.7. The zero-order valence-corrected chi connectivity index (χ0v) is 12.8. The molecule has 0 spiro atoms. The van der Waals surface area contributed by atoms with Gasteiger partial charge in [-0.3, -0.25) is 4.79 Å². The van der Waals surface area contributed by atoms with Gasteiger partial charge in [-0.15, -0.1) is 0 Å². The van der Waals surface area contributed by atoms with E-state index in [-0.39, 0.29) is 24.0 Å². The van der Waals surface area contributed by atoms with E-state index < -0.39 is 5.97 Å². The van der Waals surface area contributed by atoms with Gasteiger partial charge in [0.15, 0.2) is 19.0 Å². The lowest BCUT2D eigenvalue weighted by Crippen LogP contribution is -2.32. The van der Waals surface area contributed by atoms with Gasteiger partial charge >= 0.3 is 5.97 Å². The van der Waals surface area contributed by atoms with E-state index in [9.17, 15) is 14.8 Å². The summed E-state index contributed by atoms with van der Waals surface area (Å²) in [6.45, 7) is 2.11. The Bertz CT molecular complexity index is 656. The molecule has 0 unspecified atom stereocenters.